The summed E-state index contributed by atoms with van der Waals surface area (Å²) in [5.74, 6) is 0. The Bertz CT molecular complexity index is 674. The molecule has 2 N–H and O–H groups in total. The van der Waals surface area contributed by atoms with Gasteiger partial charge in [-0.3, -0.25) is 0 Å². The first kappa shape index (κ1) is 14.7. The molecule has 0 aliphatic carbocycles. The fourth-order valence-electron chi connectivity index (χ4n) is 2.65. The first-order chi connectivity index (χ1) is 10.4. The molecule has 0 bridgehead atoms. The highest BCUT2D eigenvalue weighted by Gasteiger charge is 2.26. The number of hydrogen-bond acceptors (Lipinski definition) is 4. The molecule has 0 saturated carbocycles. The molecule has 1 radical (unpaired) electrons. The molecule has 1 amide bonds. The monoisotopic (exact) mass is 301 g/mol. The van der Waals surface area contributed by atoms with Crippen LogP contribution in [0.1, 0.15) is 27.2 Å². The van der Waals surface area contributed by atoms with E-state index in [2.05, 4.69) is 32.6 Å². The Balaban J connectivity index is 1.61. The first-order valence-corrected chi connectivity index (χ1v) is 7.51. The average Bonchev–Trinajstić information content (AvgIpc) is 3.03. The van der Waals surface area contributed by atoms with E-state index in [1.807, 2.05) is 32.9 Å². The lowest BCUT2D eigenvalue weighted by Crippen LogP contribution is -2.40. The van der Waals surface area contributed by atoms with Crippen LogP contribution < -0.4 is 10.2 Å². The van der Waals surface area contributed by atoms with Gasteiger partial charge in [0.15, 0.2) is 6.33 Å². The molecule has 22 heavy (non-hydrogen) atoms. The number of alkyl carbamates (subject to hydrolysis) is 1. The zero-order valence-corrected chi connectivity index (χ0v) is 13.1. The van der Waals surface area contributed by atoms with Crippen LogP contribution in [-0.4, -0.2) is 40.8 Å². The van der Waals surface area contributed by atoms with Crippen molar-refractivity contribution in [3.8, 4) is 0 Å². The molecule has 2 heterocycles. The van der Waals surface area contributed by atoms with E-state index in [-0.39, 0.29) is 12.1 Å². The van der Waals surface area contributed by atoms with Crippen LogP contribution in [0.25, 0.3) is 11.0 Å². The number of ether oxygens (including phenoxy) is 1. The standard InChI is InChI=1S/C16H21N4O2/c1-16(2,3)22-15(21)19-11-6-7-20(9-11)12-4-5-13-14(8-12)18-10-17-13/h4-5,8,11H,6-7,9H2,1-3H3,(H,17,18)(H,19,21). The number of rotatable bonds is 2. The zero-order valence-electron chi connectivity index (χ0n) is 13.1. The van der Waals surface area contributed by atoms with Gasteiger partial charge in [0.25, 0.3) is 0 Å². The quantitative estimate of drug-likeness (QED) is 0.894. The number of H-pyrrole nitrogens is 1. The van der Waals surface area contributed by atoms with E-state index in [0.29, 0.717) is 0 Å². The second-order valence-corrected chi connectivity index (χ2v) is 6.63. The van der Waals surface area contributed by atoms with Crippen LogP contribution in [0.3, 0.4) is 0 Å². The number of benzene rings is 1. The van der Waals surface area contributed by atoms with Gasteiger partial charge in [-0.2, -0.15) is 0 Å². The fourth-order valence-corrected chi connectivity index (χ4v) is 2.65. The Hall–Kier alpha value is -2.24. The van der Waals surface area contributed by atoms with Gasteiger partial charge in [-0.1, -0.05) is 0 Å². The third-order valence-corrected chi connectivity index (χ3v) is 3.62. The summed E-state index contributed by atoms with van der Waals surface area (Å²) in [5.41, 5.74) is 2.53. The molecule has 1 aromatic heterocycles. The van der Waals surface area contributed by atoms with E-state index in [9.17, 15) is 4.79 Å². The number of nitrogens with zero attached hydrogens (tertiary/aromatic N) is 2. The summed E-state index contributed by atoms with van der Waals surface area (Å²) in [4.78, 5) is 21.2. The number of carbonyl (C=O) groups is 1. The topological polar surface area (TPSA) is 70.2 Å². The molecule has 1 aliphatic heterocycles. The van der Waals surface area contributed by atoms with Crippen LogP contribution in [0.4, 0.5) is 10.5 Å². The van der Waals surface area contributed by atoms with Crippen molar-refractivity contribution < 1.29 is 9.53 Å². The summed E-state index contributed by atoms with van der Waals surface area (Å²) in [6, 6.07) is 6.21. The van der Waals surface area contributed by atoms with Gasteiger partial charge in [0.05, 0.1) is 17.1 Å². The summed E-state index contributed by atoms with van der Waals surface area (Å²) >= 11 is 0. The number of aromatic amines is 1. The van der Waals surface area contributed by atoms with Gasteiger partial charge in [-0.05, 0) is 45.4 Å². The van der Waals surface area contributed by atoms with Crippen molar-refractivity contribution in [3.05, 3.63) is 24.5 Å². The van der Waals surface area contributed by atoms with Crippen molar-refractivity contribution in [2.75, 3.05) is 18.0 Å². The number of carbonyl (C=O) groups excluding carboxylic acids is 1. The molecule has 1 aromatic carbocycles. The van der Waals surface area contributed by atoms with Crippen LogP contribution in [0.5, 0.6) is 0 Å². The van der Waals surface area contributed by atoms with Crippen molar-refractivity contribution in [1.82, 2.24) is 15.3 Å². The molecule has 6 heteroatoms. The first-order valence-electron chi connectivity index (χ1n) is 7.51. The van der Waals surface area contributed by atoms with Gasteiger partial charge in [0, 0.05) is 18.8 Å². The Labute approximate surface area is 129 Å². The van der Waals surface area contributed by atoms with Crippen molar-refractivity contribution in [3.63, 3.8) is 0 Å². The van der Waals surface area contributed by atoms with Crippen LogP contribution in [0.2, 0.25) is 0 Å². The molecule has 1 unspecified atom stereocenters. The highest BCUT2D eigenvalue weighted by Crippen LogP contribution is 2.23. The van der Waals surface area contributed by atoms with Crippen molar-refractivity contribution in [1.29, 1.82) is 0 Å². The average molecular weight is 301 g/mol. The molecule has 6 nitrogen and oxygen atoms in total. The van der Waals surface area contributed by atoms with Gasteiger partial charge >= 0.3 is 6.09 Å². The second kappa shape index (κ2) is 5.51. The maximum atomic E-state index is 11.8. The van der Waals surface area contributed by atoms with Crippen molar-refractivity contribution >= 4 is 22.8 Å². The van der Waals surface area contributed by atoms with Gasteiger partial charge in [-0.25, -0.2) is 9.78 Å². The molecular weight excluding hydrogens is 280 g/mol. The lowest BCUT2D eigenvalue weighted by Gasteiger charge is -2.22. The fraction of sp³-hybridized carbons (Fsp3) is 0.500. The summed E-state index contributed by atoms with van der Waals surface area (Å²) in [7, 11) is 0. The highest BCUT2D eigenvalue weighted by atomic mass is 16.6. The Morgan fingerprint density at radius 2 is 2.32 bits per heavy atom. The van der Waals surface area contributed by atoms with E-state index < -0.39 is 5.60 Å². The number of aromatic nitrogens is 2. The lowest BCUT2D eigenvalue weighted by atomic mass is 10.2. The minimum atomic E-state index is -0.468. The minimum Gasteiger partial charge on any atom is -0.444 e. The molecule has 1 fully saturated rings. The highest BCUT2D eigenvalue weighted by molar-refractivity contribution is 5.79. The number of anilines is 1. The van der Waals surface area contributed by atoms with E-state index >= 15 is 0 Å². The molecular formula is C16H21N4O2. The predicted octanol–water partition coefficient (Wildman–Crippen LogP) is 2.47. The molecule has 1 aliphatic rings. The summed E-state index contributed by atoms with van der Waals surface area (Å²) in [5, 5.41) is 2.94. The SMILES string of the molecule is CC(C)(C)OC(=O)NC1CCN(c2ccc3[nH][c]nc3c2)C1. The minimum absolute atomic E-state index is 0.108. The Morgan fingerprint density at radius 3 is 3.09 bits per heavy atom. The summed E-state index contributed by atoms with van der Waals surface area (Å²) in [6.45, 7) is 7.27. The van der Waals surface area contributed by atoms with E-state index in [4.69, 9.17) is 4.74 Å². The van der Waals surface area contributed by atoms with E-state index in [1.54, 1.807) is 0 Å². The Kier molecular flexibility index (Phi) is 3.68. The maximum absolute atomic E-state index is 11.8. The van der Waals surface area contributed by atoms with Gasteiger partial charge in [-0.15, -0.1) is 0 Å². The number of imidazole rings is 1. The number of amides is 1. The van der Waals surface area contributed by atoms with Crippen molar-refractivity contribution in [2.45, 2.75) is 38.8 Å². The van der Waals surface area contributed by atoms with Crippen LogP contribution in [0, 0.1) is 6.33 Å². The largest absolute Gasteiger partial charge is 0.444 e. The second-order valence-electron chi connectivity index (χ2n) is 6.63. The van der Waals surface area contributed by atoms with Gasteiger partial charge in [0.2, 0.25) is 0 Å². The molecule has 3 rings (SSSR count). The predicted molar refractivity (Wildman–Crippen MR) is 84.9 cm³/mol. The van der Waals surface area contributed by atoms with Crippen LogP contribution >= 0.6 is 0 Å². The summed E-state index contributed by atoms with van der Waals surface area (Å²) in [6.07, 6.45) is 3.30. The lowest BCUT2D eigenvalue weighted by molar-refractivity contribution is 0.0509. The third kappa shape index (κ3) is 3.32. The van der Waals surface area contributed by atoms with E-state index in [0.717, 1.165) is 36.2 Å². The summed E-state index contributed by atoms with van der Waals surface area (Å²) < 4.78 is 5.30. The molecule has 117 valence electrons. The number of fused-ring (bicyclic) bond motifs is 1. The zero-order chi connectivity index (χ0) is 15.7. The van der Waals surface area contributed by atoms with Gasteiger partial charge in [0.1, 0.15) is 5.60 Å². The van der Waals surface area contributed by atoms with E-state index in [1.165, 1.54) is 0 Å². The molecule has 0 spiro atoms. The van der Waals surface area contributed by atoms with Crippen LogP contribution in [0.15, 0.2) is 18.2 Å². The smallest absolute Gasteiger partial charge is 0.407 e. The third-order valence-electron chi connectivity index (χ3n) is 3.62. The maximum Gasteiger partial charge on any atom is 0.407 e. The Morgan fingerprint density at radius 1 is 1.50 bits per heavy atom. The molecule has 1 saturated heterocycles. The molecule has 2 aromatic rings. The normalized spacial score (nSPS) is 18.7. The van der Waals surface area contributed by atoms with Crippen molar-refractivity contribution in [2.24, 2.45) is 0 Å². The van der Waals surface area contributed by atoms with Crippen LogP contribution in [-0.2, 0) is 4.74 Å². The number of hydrogen-bond donors (Lipinski definition) is 2. The molecule has 1 atom stereocenters. The van der Waals surface area contributed by atoms with Gasteiger partial charge < -0.3 is 19.9 Å². The number of nitrogens with one attached hydrogen (secondary N) is 2.